The Kier molecular flexibility index (Phi) is 4.84. The molecule has 1 fully saturated rings. The molecule has 0 radical (unpaired) electrons. The lowest BCUT2D eigenvalue weighted by Crippen LogP contribution is -2.45. The van der Waals surface area contributed by atoms with Crippen LogP contribution in [0.2, 0.25) is 0 Å². The van der Waals surface area contributed by atoms with Gasteiger partial charge < -0.3 is 5.32 Å². The van der Waals surface area contributed by atoms with Crippen LogP contribution in [0.5, 0.6) is 0 Å². The van der Waals surface area contributed by atoms with Gasteiger partial charge >= 0.3 is 6.18 Å². The number of nitrogens with one attached hydrogen (secondary N) is 2. The van der Waals surface area contributed by atoms with Crippen LogP contribution in [0.25, 0.3) is 0 Å². The summed E-state index contributed by atoms with van der Waals surface area (Å²) < 4.78 is 64.8. The lowest BCUT2D eigenvalue weighted by atomic mass is 9.83. The summed E-state index contributed by atoms with van der Waals surface area (Å²) in [7, 11) is -3.96. The summed E-state index contributed by atoms with van der Waals surface area (Å²) in [6.07, 6.45) is -2.75. The third-order valence-electron chi connectivity index (χ3n) is 3.85. The maximum absolute atomic E-state index is 12.7. The summed E-state index contributed by atoms with van der Waals surface area (Å²) in [5.41, 5.74) is -1.20. The Morgan fingerprint density at radius 2 is 2.09 bits per heavy atom. The highest BCUT2D eigenvalue weighted by Gasteiger charge is 2.32. The second kappa shape index (κ2) is 6.17. The summed E-state index contributed by atoms with van der Waals surface area (Å²) in [5, 5.41) is 3.20. The summed E-state index contributed by atoms with van der Waals surface area (Å²) in [4.78, 5) is -0.366. The predicted molar refractivity (Wildman–Crippen MR) is 76.8 cm³/mol. The zero-order chi connectivity index (χ0) is 16.4. The smallest absolute Gasteiger partial charge is 0.316 e. The number of piperidine rings is 1. The summed E-state index contributed by atoms with van der Waals surface area (Å²) in [5.74, 6) is 0. The predicted octanol–water partition coefficient (Wildman–Crippen LogP) is 2.37. The summed E-state index contributed by atoms with van der Waals surface area (Å²) >= 11 is 0. The highest BCUT2D eigenvalue weighted by Crippen LogP contribution is 2.30. The van der Waals surface area contributed by atoms with E-state index >= 15 is 0 Å². The molecular formula is C14H19F3N2O2S. The van der Waals surface area contributed by atoms with Crippen molar-refractivity contribution >= 4 is 10.0 Å². The molecule has 1 unspecified atom stereocenters. The fraction of sp³-hybridized carbons (Fsp3) is 0.571. The molecule has 4 nitrogen and oxygen atoms in total. The van der Waals surface area contributed by atoms with Crippen LogP contribution in [0.1, 0.15) is 25.3 Å². The average Bonchev–Trinajstić information content (AvgIpc) is 2.46. The van der Waals surface area contributed by atoms with Gasteiger partial charge in [0.1, 0.15) is 0 Å². The number of halogens is 3. The first-order chi connectivity index (χ1) is 10.1. The highest BCUT2D eigenvalue weighted by molar-refractivity contribution is 7.89. The van der Waals surface area contributed by atoms with Gasteiger partial charge in [0.25, 0.3) is 0 Å². The Morgan fingerprint density at radius 3 is 2.68 bits per heavy atom. The van der Waals surface area contributed by atoms with Gasteiger partial charge in [-0.1, -0.05) is 13.0 Å². The lowest BCUT2D eigenvalue weighted by molar-refractivity contribution is -0.137. The Balaban J connectivity index is 2.13. The van der Waals surface area contributed by atoms with E-state index in [-0.39, 0.29) is 16.9 Å². The minimum Gasteiger partial charge on any atom is -0.316 e. The number of alkyl halides is 3. The van der Waals surface area contributed by atoms with Crippen molar-refractivity contribution in [3.63, 3.8) is 0 Å². The van der Waals surface area contributed by atoms with Crippen molar-refractivity contribution in [2.75, 3.05) is 19.6 Å². The molecule has 1 heterocycles. The second-order valence-corrected chi connectivity index (χ2v) is 7.71. The van der Waals surface area contributed by atoms with Crippen LogP contribution >= 0.6 is 0 Å². The minimum absolute atomic E-state index is 0.193. The fourth-order valence-electron chi connectivity index (χ4n) is 2.46. The van der Waals surface area contributed by atoms with E-state index in [2.05, 4.69) is 10.0 Å². The molecule has 1 aromatic rings. The van der Waals surface area contributed by atoms with Gasteiger partial charge in [-0.2, -0.15) is 13.2 Å². The van der Waals surface area contributed by atoms with E-state index in [1.54, 1.807) is 0 Å². The molecule has 22 heavy (non-hydrogen) atoms. The Morgan fingerprint density at radius 1 is 1.36 bits per heavy atom. The SMILES string of the molecule is CC1(CNS(=O)(=O)c2cccc(C(F)(F)F)c2)CCCNC1. The standard InChI is InChI=1S/C14H19F3N2O2S/c1-13(6-3-7-18-9-13)10-19-22(20,21)12-5-2-4-11(8-12)14(15,16)17/h2,4-5,8,18-19H,3,6-7,9-10H2,1H3. The van der Waals surface area contributed by atoms with Crippen molar-refractivity contribution in [1.29, 1.82) is 0 Å². The second-order valence-electron chi connectivity index (χ2n) is 5.94. The average molecular weight is 336 g/mol. The number of benzene rings is 1. The molecule has 1 aliphatic heterocycles. The molecule has 0 amide bonds. The molecule has 0 bridgehead atoms. The zero-order valence-corrected chi connectivity index (χ0v) is 13.0. The van der Waals surface area contributed by atoms with Gasteiger partial charge in [0.2, 0.25) is 10.0 Å². The Hall–Kier alpha value is -1.12. The van der Waals surface area contributed by atoms with Crippen LogP contribution in [-0.4, -0.2) is 28.1 Å². The van der Waals surface area contributed by atoms with Gasteiger partial charge in [0, 0.05) is 13.1 Å². The third kappa shape index (κ3) is 4.21. The van der Waals surface area contributed by atoms with Gasteiger partial charge in [-0.05, 0) is 43.0 Å². The largest absolute Gasteiger partial charge is 0.416 e. The topological polar surface area (TPSA) is 58.2 Å². The van der Waals surface area contributed by atoms with Crippen molar-refractivity contribution in [1.82, 2.24) is 10.0 Å². The van der Waals surface area contributed by atoms with Crippen molar-refractivity contribution in [2.45, 2.75) is 30.8 Å². The van der Waals surface area contributed by atoms with Crippen LogP contribution in [-0.2, 0) is 16.2 Å². The molecule has 0 spiro atoms. The van der Waals surface area contributed by atoms with E-state index in [0.717, 1.165) is 31.5 Å². The number of sulfonamides is 1. The monoisotopic (exact) mass is 336 g/mol. The molecule has 0 saturated carbocycles. The van der Waals surface area contributed by atoms with E-state index in [4.69, 9.17) is 0 Å². The first kappa shape index (κ1) is 17.2. The summed E-state index contributed by atoms with van der Waals surface area (Å²) in [6, 6.07) is 3.77. The quantitative estimate of drug-likeness (QED) is 0.887. The molecule has 2 N–H and O–H groups in total. The number of rotatable bonds is 4. The van der Waals surface area contributed by atoms with Crippen LogP contribution < -0.4 is 10.0 Å². The maximum atomic E-state index is 12.7. The van der Waals surface area contributed by atoms with Gasteiger partial charge in [0.05, 0.1) is 10.5 Å². The normalized spacial score (nSPS) is 23.5. The van der Waals surface area contributed by atoms with Gasteiger partial charge in [0.15, 0.2) is 0 Å². The number of hydrogen-bond acceptors (Lipinski definition) is 3. The highest BCUT2D eigenvalue weighted by atomic mass is 32.2. The van der Waals surface area contributed by atoms with E-state index in [9.17, 15) is 21.6 Å². The molecule has 1 atom stereocenters. The first-order valence-corrected chi connectivity index (χ1v) is 8.48. The summed E-state index contributed by atoms with van der Waals surface area (Å²) in [6.45, 7) is 3.72. The molecule has 8 heteroatoms. The van der Waals surface area contributed by atoms with Crippen molar-refractivity contribution in [3.05, 3.63) is 29.8 Å². The molecule has 1 aromatic carbocycles. The molecule has 124 valence electrons. The van der Waals surface area contributed by atoms with Gasteiger partial charge in [-0.25, -0.2) is 13.1 Å². The Bertz CT molecular complexity index is 623. The Labute approximate surface area is 128 Å². The van der Waals surface area contributed by atoms with Crippen molar-refractivity contribution in [3.8, 4) is 0 Å². The fourth-order valence-corrected chi connectivity index (χ4v) is 3.71. The van der Waals surface area contributed by atoms with Crippen LogP contribution in [0.15, 0.2) is 29.2 Å². The third-order valence-corrected chi connectivity index (χ3v) is 5.25. The molecular weight excluding hydrogens is 317 g/mol. The molecule has 0 aliphatic carbocycles. The molecule has 2 rings (SSSR count). The minimum atomic E-state index is -4.56. The van der Waals surface area contributed by atoms with Crippen molar-refractivity contribution in [2.24, 2.45) is 5.41 Å². The van der Waals surface area contributed by atoms with E-state index in [1.807, 2.05) is 6.92 Å². The maximum Gasteiger partial charge on any atom is 0.416 e. The van der Waals surface area contributed by atoms with E-state index in [0.29, 0.717) is 12.6 Å². The van der Waals surface area contributed by atoms with Crippen LogP contribution in [0, 0.1) is 5.41 Å². The zero-order valence-electron chi connectivity index (χ0n) is 12.2. The number of hydrogen-bond donors (Lipinski definition) is 2. The van der Waals surface area contributed by atoms with Crippen LogP contribution in [0.4, 0.5) is 13.2 Å². The molecule has 1 saturated heterocycles. The molecule has 0 aromatic heterocycles. The lowest BCUT2D eigenvalue weighted by Gasteiger charge is -2.34. The first-order valence-electron chi connectivity index (χ1n) is 7.00. The van der Waals surface area contributed by atoms with Gasteiger partial charge in [-0.15, -0.1) is 0 Å². The molecule has 1 aliphatic rings. The van der Waals surface area contributed by atoms with Gasteiger partial charge in [-0.3, -0.25) is 0 Å². The van der Waals surface area contributed by atoms with E-state index in [1.165, 1.54) is 6.07 Å². The van der Waals surface area contributed by atoms with E-state index < -0.39 is 21.8 Å². The van der Waals surface area contributed by atoms with Crippen molar-refractivity contribution < 1.29 is 21.6 Å². The van der Waals surface area contributed by atoms with Crippen LogP contribution in [0.3, 0.4) is 0 Å².